The SMILES string of the molecule is CC(=O)c1cc(C#N)c(SCC(=O)NCCc2ccccc2)nc1C. The molecule has 0 saturated carbocycles. The summed E-state index contributed by atoms with van der Waals surface area (Å²) in [5.74, 6) is -0.0633. The molecule has 1 aromatic carbocycles. The zero-order valence-corrected chi connectivity index (χ0v) is 15.0. The third-order valence-electron chi connectivity index (χ3n) is 3.60. The summed E-state index contributed by atoms with van der Waals surface area (Å²) in [6.07, 6.45) is 0.769. The van der Waals surface area contributed by atoms with E-state index in [1.807, 2.05) is 36.4 Å². The summed E-state index contributed by atoms with van der Waals surface area (Å²) in [4.78, 5) is 27.8. The van der Waals surface area contributed by atoms with E-state index in [0.717, 1.165) is 6.42 Å². The predicted octanol–water partition coefficient (Wildman–Crippen LogP) is 2.92. The molecule has 5 nitrogen and oxygen atoms in total. The van der Waals surface area contributed by atoms with Gasteiger partial charge in [0.25, 0.3) is 0 Å². The molecular weight excluding hydrogens is 334 g/mol. The number of hydrogen-bond donors (Lipinski definition) is 1. The minimum absolute atomic E-state index is 0.111. The van der Waals surface area contributed by atoms with Gasteiger partial charge in [0, 0.05) is 17.8 Å². The van der Waals surface area contributed by atoms with Crippen molar-refractivity contribution in [1.29, 1.82) is 5.26 Å². The predicted molar refractivity (Wildman–Crippen MR) is 97.6 cm³/mol. The number of nitrogens with zero attached hydrogens (tertiary/aromatic N) is 2. The van der Waals surface area contributed by atoms with Gasteiger partial charge in [0.1, 0.15) is 11.1 Å². The van der Waals surface area contributed by atoms with Crippen molar-refractivity contribution in [2.24, 2.45) is 0 Å². The molecule has 25 heavy (non-hydrogen) atoms. The second kappa shape index (κ2) is 9.00. The molecule has 1 amide bonds. The fraction of sp³-hybridized carbons (Fsp3) is 0.263. The number of hydrogen-bond acceptors (Lipinski definition) is 5. The summed E-state index contributed by atoms with van der Waals surface area (Å²) in [5, 5.41) is 12.6. The van der Waals surface area contributed by atoms with Crippen LogP contribution in [0.15, 0.2) is 41.4 Å². The highest BCUT2D eigenvalue weighted by Crippen LogP contribution is 2.22. The maximum Gasteiger partial charge on any atom is 0.230 e. The summed E-state index contributed by atoms with van der Waals surface area (Å²) in [6.45, 7) is 3.73. The minimum Gasteiger partial charge on any atom is -0.355 e. The smallest absolute Gasteiger partial charge is 0.230 e. The maximum absolute atomic E-state index is 12.0. The van der Waals surface area contributed by atoms with Gasteiger partial charge in [-0.25, -0.2) is 4.98 Å². The first kappa shape index (κ1) is 18.7. The Labute approximate surface area is 151 Å². The van der Waals surface area contributed by atoms with Crippen molar-refractivity contribution in [1.82, 2.24) is 10.3 Å². The van der Waals surface area contributed by atoms with Crippen LogP contribution in [0.2, 0.25) is 0 Å². The van der Waals surface area contributed by atoms with Crippen molar-refractivity contribution in [3.8, 4) is 6.07 Å². The molecule has 1 N–H and O–H groups in total. The summed E-state index contributed by atoms with van der Waals surface area (Å²) >= 11 is 1.20. The summed E-state index contributed by atoms with van der Waals surface area (Å²) < 4.78 is 0. The van der Waals surface area contributed by atoms with Gasteiger partial charge >= 0.3 is 0 Å². The Balaban J connectivity index is 1.90. The van der Waals surface area contributed by atoms with Crippen LogP contribution in [-0.2, 0) is 11.2 Å². The molecule has 128 valence electrons. The van der Waals surface area contributed by atoms with Crippen LogP contribution in [0.5, 0.6) is 0 Å². The Morgan fingerprint density at radius 3 is 2.64 bits per heavy atom. The van der Waals surface area contributed by atoms with E-state index in [2.05, 4.69) is 10.3 Å². The first-order valence-electron chi connectivity index (χ1n) is 7.87. The number of carbonyl (C=O) groups is 2. The van der Waals surface area contributed by atoms with Crippen LogP contribution in [0.3, 0.4) is 0 Å². The molecule has 0 bridgehead atoms. The third-order valence-corrected chi connectivity index (χ3v) is 4.59. The molecule has 0 atom stereocenters. The van der Waals surface area contributed by atoms with E-state index in [1.165, 1.54) is 24.2 Å². The Hall–Kier alpha value is -2.65. The average molecular weight is 353 g/mol. The Morgan fingerprint density at radius 1 is 1.28 bits per heavy atom. The highest BCUT2D eigenvalue weighted by molar-refractivity contribution is 8.00. The number of benzene rings is 1. The largest absolute Gasteiger partial charge is 0.355 e. The third kappa shape index (κ3) is 5.44. The van der Waals surface area contributed by atoms with Crippen molar-refractivity contribution in [3.05, 3.63) is 58.8 Å². The van der Waals surface area contributed by atoms with E-state index < -0.39 is 0 Å². The molecule has 0 radical (unpaired) electrons. The van der Waals surface area contributed by atoms with Crippen LogP contribution in [0.1, 0.15) is 34.1 Å². The molecule has 0 saturated heterocycles. The van der Waals surface area contributed by atoms with Gasteiger partial charge in [0.15, 0.2) is 5.78 Å². The molecule has 0 aliphatic heterocycles. The number of rotatable bonds is 7. The van der Waals surface area contributed by atoms with E-state index >= 15 is 0 Å². The zero-order valence-electron chi connectivity index (χ0n) is 14.2. The maximum atomic E-state index is 12.0. The van der Waals surface area contributed by atoms with Gasteiger partial charge in [-0.05, 0) is 31.9 Å². The standard InChI is InChI=1S/C19H19N3O2S/c1-13-17(14(2)23)10-16(11-20)19(22-13)25-12-18(24)21-9-8-15-6-4-3-5-7-15/h3-7,10H,8-9,12H2,1-2H3,(H,21,24). The number of carbonyl (C=O) groups excluding carboxylic acids is 2. The Morgan fingerprint density at radius 2 is 2.00 bits per heavy atom. The van der Waals surface area contributed by atoms with Gasteiger partial charge in [0.2, 0.25) is 5.91 Å². The molecule has 1 aromatic heterocycles. The highest BCUT2D eigenvalue weighted by atomic mass is 32.2. The molecule has 1 heterocycles. The number of nitrogens with one attached hydrogen (secondary N) is 1. The molecule has 0 unspecified atom stereocenters. The number of thioether (sulfide) groups is 1. The van der Waals surface area contributed by atoms with Gasteiger partial charge in [-0.15, -0.1) is 0 Å². The highest BCUT2D eigenvalue weighted by Gasteiger charge is 2.13. The van der Waals surface area contributed by atoms with E-state index in [0.29, 0.717) is 28.4 Å². The number of amides is 1. The second-order valence-electron chi connectivity index (χ2n) is 5.52. The van der Waals surface area contributed by atoms with Gasteiger partial charge in [-0.3, -0.25) is 9.59 Å². The number of ketones is 1. The summed E-state index contributed by atoms with van der Waals surface area (Å²) in [6, 6.07) is 13.5. The molecule has 6 heteroatoms. The molecule has 2 aromatic rings. The fourth-order valence-electron chi connectivity index (χ4n) is 2.31. The van der Waals surface area contributed by atoms with Crippen LogP contribution in [-0.4, -0.2) is 29.0 Å². The molecule has 2 rings (SSSR count). The van der Waals surface area contributed by atoms with Crippen molar-refractivity contribution >= 4 is 23.5 Å². The van der Waals surface area contributed by atoms with E-state index in [4.69, 9.17) is 0 Å². The summed E-state index contributed by atoms with van der Waals surface area (Å²) in [5.41, 5.74) is 2.49. The molecule has 0 aliphatic rings. The quantitative estimate of drug-likeness (QED) is 0.611. The fourth-order valence-corrected chi connectivity index (χ4v) is 3.14. The van der Waals surface area contributed by atoms with Crippen LogP contribution < -0.4 is 5.32 Å². The first-order chi connectivity index (χ1) is 12.0. The van der Waals surface area contributed by atoms with Gasteiger partial charge in [0.05, 0.1) is 11.3 Å². The average Bonchev–Trinajstić information content (AvgIpc) is 2.60. The normalized spacial score (nSPS) is 10.1. The van der Waals surface area contributed by atoms with Crippen molar-refractivity contribution < 1.29 is 9.59 Å². The molecular formula is C19H19N3O2S. The van der Waals surface area contributed by atoms with Crippen molar-refractivity contribution in [2.75, 3.05) is 12.3 Å². The second-order valence-corrected chi connectivity index (χ2v) is 6.48. The number of pyridine rings is 1. The summed E-state index contributed by atoms with van der Waals surface area (Å²) in [7, 11) is 0. The van der Waals surface area contributed by atoms with Gasteiger partial charge in [-0.1, -0.05) is 42.1 Å². The van der Waals surface area contributed by atoms with Crippen LogP contribution in [0.25, 0.3) is 0 Å². The van der Waals surface area contributed by atoms with Crippen molar-refractivity contribution in [3.63, 3.8) is 0 Å². The van der Waals surface area contributed by atoms with Gasteiger partial charge in [-0.2, -0.15) is 5.26 Å². The van der Waals surface area contributed by atoms with Crippen molar-refractivity contribution in [2.45, 2.75) is 25.3 Å². The molecule has 0 aliphatic carbocycles. The Kier molecular flexibility index (Phi) is 6.72. The number of Topliss-reactive ketones (excluding diaryl/α,β-unsaturated/α-hetero) is 1. The van der Waals surface area contributed by atoms with Gasteiger partial charge < -0.3 is 5.32 Å². The zero-order chi connectivity index (χ0) is 18.2. The minimum atomic E-state index is -0.128. The lowest BCUT2D eigenvalue weighted by Crippen LogP contribution is -2.27. The topological polar surface area (TPSA) is 82.8 Å². The van der Waals surface area contributed by atoms with Crippen LogP contribution >= 0.6 is 11.8 Å². The lowest BCUT2D eigenvalue weighted by molar-refractivity contribution is -0.118. The lowest BCUT2D eigenvalue weighted by Gasteiger charge is -2.08. The first-order valence-corrected chi connectivity index (χ1v) is 8.86. The number of aromatic nitrogens is 1. The van der Waals surface area contributed by atoms with Crippen LogP contribution in [0.4, 0.5) is 0 Å². The molecule has 0 fully saturated rings. The monoisotopic (exact) mass is 353 g/mol. The van der Waals surface area contributed by atoms with E-state index in [-0.39, 0.29) is 17.4 Å². The molecule has 0 spiro atoms. The van der Waals surface area contributed by atoms with Crippen LogP contribution in [0, 0.1) is 18.3 Å². The van der Waals surface area contributed by atoms with E-state index in [1.54, 1.807) is 13.0 Å². The number of nitriles is 1. The lowest BCUT2D eigenvalue weighted by atomic mass is 10.1. The van der Waals surface area contributed by atoms with E-state index in [9.17, 15) is 14.9 Å². The Bertz CT molecular complexity index is 813. The number of aryl methyl sites for hydroxylation is 1.